The quantitative estimate of drug-likeness (QED) is 0.851. The fourth-order valence-corrected chi connectivity index (χ4v) is 2.29. The highest BCUT2D eigenvalue weighted by molar-refractivity contribution is 5.91. The SMILES string of the molecule is O=C(O)CNC(=O)C1(c2cccc(F)c2)CCC1. The predicted molar refractivity (Wildman–Crippen MR) is 62.6 cm³/mol. The third-order valence-corrected chi connectivity index (χ3v) is 3.42. The van der Waals surface area contributed by atoms with Crippen molar-refractivity contribution in [2.45, 2.75) is 24.7 Å². The Labute approximate surface area is 104 Å². The van der Waals surface area contributed by atoms with Crippen molar-refractivity contribution in [3.63, 3.8) is 0 Å². The van der Waals surface area contributed by atoms with E-state index in [-0.39, 0.29) is 11.7 Å². The van der Waals surface area contributed by atoms with E-state index in [1.165, 1.54) is 12.1 Å². The number of halogens is 1. The van der Waals surface area contributed by atoms with Gasteiger partial charge in [-0.2, -0.15) is 0 Å². The van der Waals surface area contributed by atoms with Crippen LogP contribution in [-0.4, -0.2) is 23.5 Å². The van der Waals surface area contributed by atoms with Crippen LogP contribution in [0, 0.1) is 5.82 Å². The van der Waals surface area contributed by atoms with E-state index in [4.69, 9.17) is 5.11 Å². The van der Waals surface area contributed by atoms with Gasteiger partial charge in [-0.25, -0.2) is 4.39 Å². The van der Waals surface area contributed by atoms with Crippen LogP contribution in [0.5, 0.6) is 0 Å². The zero-order valence-corrected chi connectivity index (χ0v) is 9.78. The minimum absolute atomic E-state index is 0.332. The van der Waals surface area contributed by atoms with E-state index in [1.54, 1.807) is 12.1 Å². The first-order chi connectivity index (χ1) is 8.54. The fraction of sp³-hybridized carbons (Fsp3) is 0.385. The van der Waals surface area contributed by atoms with E-state index in [0.717, 1.165) is 6.42 Å². The molecular weight excluding hydrogens is 237 g/mol. The first-order valence-electron chi connectivity index (χ1n) is 5.81. The molecule has 0 atom stereocenters. The maximum absolute atomic E-state index is 13.2. The van der Waals surface area contributed by atoms with Crippen LogP contribution < -0.4 is 5.32 Å². The normalized spacial score (nSPS) is 16.7. The van der Waals surface area contributed by atoms with E-state index < -0.39 is 17.9 Å². The van der Waals surface area contributed by atoms with Crippen molar-refractivity contribution in [3.05, 3.63) is 35.6 Å². The van der Waals surface area contributed by atoms with Gasteiger partial charge in [0, 0.05) is 0 Å². The van der Waals surface area contributed by atoms with Crippen molar-refractivity contribution in [3.8, 4) is 0 Å². The van der Waals surface area contributed by atoms with Crippen LogP contribution in [0.2, 0.25) is 0 Å². The van der Waals surface area contributed by atoms with E-state index >= 15 is 0 Å². The van der Waals surface area contributed by atoms with Gasteiger partial charge in [0.1, 0.15) is 12.4 Å². The number of carboxylic acid groups (broad SMARTS) is 1. The van der Waals surface area contributed by atoms with Crippen molar-refractivity contribution >= 4 is 11.9 Å². The third-order valence-electron chi connectivity index (χ3n) is 3.42. The van der Waals surface area contributed by atoms with E-state index in [0.29, 0.717) is 18.4 Å². The molecule has 1 aliphatic rings. The lowest BCUT2D eigenvalue weighted by Gasteiger charge is -2.40. The van der Waals surface area contributed by atoms with Crippen LogP contribution >= 0.6 is 0 Å². The molecule has 0 aromatic heterocycles. The summed E-state index contributed by atoms with van der Waals surface area (Å²) in [5.41, 5.74) is -0.131. The maximum atomic E-state index is 13.2. The van der Waals surface area contributed by atoms with Crippen LogP contribution in [-0.2, 0) is 15.0 Å². The lowest BCUT2D eigenvalue weighted by atomic mass is 9.64. The molecular formula is C13H14FNO3. The number of carbonyl (C=O) groups excluding carboxylic acids is 1. The van der Waals surface area contributed by atoms with Gasteiger partial charge in [0.15, 0.2) is 0 Å². The number of hydrogen-bond donors (Lipinski definition) is 2. The topological polar surface area (TPSA) is 66.4 Å². The molecule has 0 radical (unpaired) electrons. The summed E-state index contributed by atoms with van der Waals surface area (Å²) in [5, 5.41) is 10.9. The summed E-state index contributed by atoms with van der Waals surface area (Å²) in [7, 11) is 0. The molecule has 5 heteroatoms. The van der Waals surface area contributed by atoms with E-state index in [2.05, 4.69) is 5.32 Å². The van der Waals surface area contributed by atoms with Gasteiger partial charge in [-0.3, -0.25) is 9.59 Å². The maximum Gasteiger partial charge on any atom is 0.322 e. The minimum Gasteiger partial charge on any atom is -0.480 e. The van der Waals surface area contributed by atoms with Crippen molar-refractivity contribution in [2.75, 3.05) is 6.54 Å². The summed E-state index contributed by atoms with van der Waals surface area (Å²) in [6, 6.07) is 5.95. The standard InChI is InChI=1S/C13H14FNO3/c14-10-4-1-3-9(7-10)13(5-2-6-13)12(18)15-8-11(16)17/h1,3-4,7H,2,5-6,8H2,(H,15,18)(H,16,17). The highest BCUT2D eigenvalue weighted by Crippen LogP contribution is 2.44. The fourth-order valence-electron chi connectivity index (χ4n) is 2.29. The number of nitrogens with one attached hydrogen (secondary N) is 1. The summed E-state index contributed by atoms with van der Waals surface area (Å²) in [5.74, 6) is -1.80. The highest BCUT2D eigenvalue weighted by Gasteiger charge is 2.45. The van der Waals surface area contributed by atoms with Gasteiger partial charge < -0.3 is 10.4 Å². The van der Waals surface area contributed by atoms with Crippen LogP contribution in [0.1, 0.15) is 24.8 Å². The second-order valence-electron chi connectivity index (χ2n) is 4.52. The van der Waals surface area contributed by atoms with E-state index in [9.17, 15) is 14.0 Å². The van der Waals surface area contributed by atoms with Crippen molar-refractivity contribution < 1.29 is 19.1 Å². The minimum atomic E-state index is -1.09. The Kier molecular flexibility index (Phi) is 3.32. The molecule has 1 aromatic rings. The second-order valence-corrected chi connectivity index (χ2v) is 4.52. The van der Waals surface area contributed by atoms with Crippen molar-refractivity contribution in [2.24, 2.45) is 0 Å². The van der Waals surface area contributed by atoms with Gasteiger partial charge in [0.25, 0.3) is 0 Å². The highest BCUT2D eigenvalue weighted by atomic mass is 19.1. The summed E-state index contributed by atoms with van der Waals surface area (Å²) in [4.78, 5) is 22.5. The Morgan fingerprint density at radius 3 is 2.61 bits per heavy atom. The summed E-state index contributed by atoms with van der Waals surface area (Å²) in [6.07, 6.45) is 2.14. The number of rotatable bonds is 4. The molecule has 1 saturated carbocycles. The number of amides is 1. The molecule has 1 fully saturated rings. The van der Waals surface area contributed by atoms with Crippen molar-refractivity contribution in [1.82, 2.24) is 5.32 Å². The zero-order chi connectivity index (χ0) is 13.2. The molecule has 4 nitrogen and oxygen atoms in total. The van der Waals surface area contributed by atoms with Gasteiger partial charge in [0.05, 0.1) is 5.41 Å². The Hall–Kier alpha value is -1.91. The van der Waals surface area contributed by atoms with Gasteiger partial charge in [-0.05, 0) is 30.5 Å². The van der Waals surface area contributed by atoms with E-state index in [1.807, 2.05) is 0 Å². The molecule has 18 heavy (non-hydrogen) atoms. The van der Waals surface area contributed by atoms with Gasteiger partial charge in [0.2, 0.25) is 5.91 Å². The van der Waals surface area contributed by atoms with Crippen molar-refractivity contribution in [1.29, 1.82) is 0 Å². The molecule has 0 bridgehead atoms. The second kappa shape index (κ2) is 4.76. The Morgan fingerprint density at radius 2 is 2.11 bits per heavy atom. The van der Waals surface area contributed by atoms with Crippen LogP contribution in [0.4, 0.5) is 4.39 Å². The molecule has 2 rings (SSSR count). The average Bonchev–Trinajstić information content (AvgIpc) is 2.25. The lowest BCUT2D eigenvalue weighted by Crippen LogP contribution is -2.50. The molecule has 0 unspecified atom stereocenters. The third kappa shape index (κ3) is 2.20. The number of carbonyl (C=O) groups is 2. The average molecular weight is 251 g/mol. The molecule has 0 heterocycles. The Morgan fingerprint density at radius 1 is 1.39 bits per heavy atom. The summed E-state index contributed by atoms with van der Waals surface area (Å²) >= 11 is 0. The number of benzene rings is 1. The smallest absolute Gasteiger partial charge is 0.322 e. The molecule has 0 saturated heterocycles. The molecule has 0 spiro atoms. The summed E-state index contributed by atoms with van der Waals surface area (Å²) < 4.78 is 13.2. The monoisotopic (exact) mass is 251 g/mol. The predicted octanol–water partition coefficient (Wildman–Crippen LogP) is 1.45. The van der Waals surface area contributed by atoms with Gasteiger partial charge in [-0.1, -0.05) is 18.6 Å². The largest absolute Gasteiger partial charge is 0.480 e. The van der Waals surface area contributed by atoms with Gasteiger partial charge in [-0.15, -0.1) is 0 Å². The summed E-state index contributed by atoms with van der Waals surface area (Å²) in [6.45, 7) is -0.407. The number of aliphatic carboxylic acids is 1. The zero-order valence-electron chi connectivity index (χ0n) is 9.78. The number of carboxylic acids is 1. The Bertz CT molecular complexity index is 483. The molecule has 1 aliphatic carbocycles. The molecule has 1 aromatic carbocycles. The molecule has 2 N–H and O–H groups in total. The van der Waals surface area contributed by atoms with Crippen LogP contribution in [0.3, 0.4) is 0 Å². The first kappa shape index (κ1) is 12.5. The number of hydrogen-bond acceptors (Lipinski definition) is 2. The van der Waals surface area contributed by atoms with Crippen LogP contribution in [0.15, 0.2) is 24.3 Å². The molecule has 1 amide bonds. The molecule has 0 aliphatic heterocycles. The van der Waals surface area contributed by atoms with Crippen LogP contribution in [0.25, 0.3) is 0 Å². The Balaban J connectivity index is 2.20. The molecule has 96 valence electrons. The first-order valence-corrected chi connectivity index (χ1v) is 5.81. The lowest BCUT2D eigenvalue weighted by molar-refractivity contribution is -0.139. The van der Waals surface area contributed by atoms with Gasteiger partial charge >= 0.3 is 5.97 Å².